The molecule has 0 atom stereocenters. The van der Waals surface area contributed by atoms with Gasteiger partial charge >= 0.3 is 0 Å². The molecule has 0 unspecified atom stereocenters. The summed E-state index contributed by atoms with van der Waals surface area (Å²) in [6, 6.07) is 79.0. The molecule has 10 aromatic rings. The van der Waals surface area contributed by atoms with Gasteiger partial charge in [0.25, 0.3) is 0 Å². The summed E-state index contributed by atoms with van der Waals surface area (Å²) < 4.78 is 2.40. The fraction of sp³-hybridized carbons (Fsp3) is 0. The van der Waals surface area contributed by atoms with E-state index in [0.29, 0.717) is 0 Å². The zero-order valence-electron chi connectivity index (χ0n) is 29.7. The summed E-state index contributed by atoms with van der Waals surface area (Å²) in [5.74, 6) is 0. The van der Waals surface area contributed by atoms with Crippen LogP contribution in [0, 0.1) is 0 Å². The molecule has 10 rings (SSSR count). The van der Waals surface area contributed by atoms with Gasteiger partial charge in [-0.3, -0.25) is 0 Å². The number of benzene rings is 9. The number of hydrogen-bond donors (Lipinski definition) is 0. The monoisotopic (exact) mass is 688 g/mol. The van der Waals surface area contributed by atoms with Gasteiger partial charge in [-0.25, -0.2) is 0 Å². The van der Waals surface area contributed by atoms with Gasteiger partial charge in [-0.2, -0.15) is 0 Å². The van der Waals surface area contributed by atoms with Crippen LogP contribution >= 0.6 is 0 Å². The van der Waals surface area contributed by atoms with Crippen molar-refractivity contribution >= 4 is 49.6 Å². The molecule has 0 bridgehead atoms. The summed E-state index contributed by atoms with van der Waals surface area (Å²) in [5, 5.41) is 4.88. The molecule has 0 amide bonds. The highest BCUT2D eigenvalue weighted by Crippen LogP contribution is 2.49. The van der Waals surface area contributed by atoms with E-state index in [4.69, 9.17) is 0 Å². The lowest BCUT2D eigenvalue weighted by atomic mass is 9.87. The maximum Gasteiger partial charge on any atom is 0.0561 e. The molecule has 2 heteroatoms. The van der Waals surface area contributed by atoms with Crippen molar-refractivity contribution in [3.63, 3.8) is 0 Å². The highest BCUT2D eigenvalue weighted by molar-refractivity contribution is 6.11. The lowest BCUT2D eigenvalue weighted by molar-refractivity contribution is 1.18. The number of para-hydroxylation sites is 2. The Balaban J connectivity index is 1.30. The molecule has 0 fully saturated rings. The van der Waals surface area contributed by atoms with Crippen LogP contribution in [-0.2, 0) is 0 Å². The fourth-order valence-corrected chi connectivity index (χ4v) is 8.13. The highest BCUT2D eigenvalue weighted by Gasteiger charge is 2.24. The molecule has 0 spiro atoms. The van der Waals surface area contributed by atoms with Crippen LogP contribution in [0.2, 0.25) is 0 Å². The van der Waals surface area contributed by atoms with Gasteiger partial charge in [-0.05, 0) is 87.1 Å². The minimum absolute atomic E-state index is 1.08. The van der Waals surface area contributed by atoms with E-state index in [2.05, 4.69) is 228 Å². The third-order valence-electron chi connectivity index (χ3n) is 10.6. The number of nitrogens with zero attached hydrogens (tertiary/aromatic N) is 2. The molecule has 1 aromatic heterocycles. The van der Waals surface area contributed by atoms with E-state index in [0.717, 1.165) is 28.3 Å². The molecule has 0 aliphatic rings. The Hall–Kier alpha value is -7.16. The molecule has 9 aromatic carbocycles. The van der Waals surface area contributed by atoms with Gasteiger partial charge in [-0.15, -0.1) is 0 Å². The summed E-state index contributed by atoms with van der Waals surface area (Å²) >= 11 is 0. The van der Waals surface area contributed by atoms with Crippen LogP contribution in [0.5, 0.6) is 0 Å². The van der Waals surface area contributed by atoms with Crippen molar-refractivity contribution in [3.8, 4) is 39.1 Å². The molecule has 1 heterocycles. The molecule has 0 radical (unpaired) electrons. The maximum absolute atomic E-state index is 2.46. The highest BCUT2D eigenvalue weighted by atomic mass is 15.1. The second-order valence-electron chi connectivity index (χ2n) is 13.7. The lowest BCUT2D eigenvalue weighted by Crippen LogP contribution is -2.12. The smallest absolute Gasteiger partial charge is 0.0561 e. The van der Waals surface area contributed by atoms with Crippen LogP contribution in [0.4, 0.5) is 17.1 Å². The van der Waals surface area contributed by atoms with Gasteiger partial charge in [0, 0.05) is 33.4 Å². The van der Waals surface area contributed by atoms with Crippen molar-refractivity contribution in [2.45, 2.75) is 0 Å². The van der Waals surface area contributed by atoms with E-state index in [1.54, 1.807) is 0 Å². The number of rotatable bonds is 7. The normalized spacial score (nSPS) is 11.3. The summed E-state index contributed by atoms with van der Waals surface area (Å²) in [4.78, 5) is 2.46. The van der Waals surface area contributed by atoms with Gasteiger partial charge in [0.1, 0.15) is 0 Å². The third kappa shape index (κ3) is 5.44. The molecule has 254 valence electrons. The second kappa shape index (κ2) is 13.4. The average molecular weight is 689 g/mol. The van der Waals surface area contributed by atoms with Crippen molar-refractivity contribution in [3.05, 3.63) is 218 Å². The average Bonchev–Trinajstić information content (AvgIpc) is 3.58. The first-order valence-corrected chi connectivity index (χ1v) is 18.5. The first-order chi connectivity index (χ1) is 26.8. The van der Waals surface area contributed by atoms with Gasteiger partial charge in [0.15, 0.2) is 0 Å². The summed E-state index contributed by atoms with van der Waals surface area (Å²) in [5.41, 5.74) is 13.9. The van der Waals surface area contributed by atoms with E-state index in [9.17, 15) is 0 Å². The predicted molar refractivity (Wildman–Crippen MR) is 229 cm³/mol. The maximum atomic E-state index is 2.46. The van der Waals surface area contributed by atoms with Crippen LogP contribution in [0.1, 0.15) is 0 Å². The largest absolute Gasteiger partial charge is 0.310 e. The first-order valence-electron chi connectivity index (χ1n) is 18.5. The second-order valence-corrected chi connectivity index (χ2v) is 13.7. The van der Waals surface area contributed by atoms with Crippen LogP contribution in [0.15, 0.2) is 218 Å². The standard InChI is InChI=1S/C52H36N2/c1-4-18-38(19-5-1)44-25-12-13-27-48(44)52-45(39-20-6-2-7-21-39)28-16-30-50(52)53(42-32-31-37-17-10-11-22-40(37)35-42)43-33-34-47-46-26-14-15-29-49(46)54(51(47)36-43)41-23-8-3-9-24-41/h1-36H. The Bertz CT molecular complexity index is 2930. The van der Waals surface area contributed by atoms with Gasteiger partial charge in [0.2, 0.25) is 0 Å². The number of anilines is 3. The van der Waals surface area contributed by atoms with Crippen LogP contribution in [-0.4, -0.2) is 4.57 Å². The number of hydrogen-bond acceptors (Lipinski definition) is 1. The molecule has 0 aliphatic heterocycles. The lowest BCUT2D eigenvalue weighted by Gasteiger charge is -2.30. The Kier molecular flexibility index (Phi) is 7.85. The van der Waals surface area contributed by atoms with E-state index in [-0.39, 0.29) is 0 Å². The zero-order valence-corrected chi connectivity index (χ0v) is 29.7. The molecule has 0 aliphatic carbocycles. The van der Waals surface area contributed by atoms with Gasteiger partial charge < -0.3 is 9.47 Å². The summed E-state index contributed by atoms with van der Waals surface area (Å²) in [6.07, 6.45) is 0. The SMILES string of the molecule is c1ccc(-c2ccccc2-c2c(-c3ccccc3)cccc2N(c2ccc3ccccc3c2)c2ccc3c4ccccc4n(-c4ccccc4)c3c2)cc1. The number of fused-ring (bicyclic) bond motifs is 4. The van der Waals surface area contributed by atoms with E-state index < -0.39 is 0 Å². The van der Waals surface area contributed by atoms with Crippen molar-refractivity contribution < 1.29 is 0 Å². The van der Waals surface area contributed by atoms with Crippen molar-refractivity contribution in [1.82, 2.24) is 4.57 Å². The molecule has 54 heavy (non-hydrogen) atoms. The van der Waals surface area contributed by atoms with Gasteiger partial charge in [0.05, 0.1) is 16.7 Å². The molecule has 0 saturated heterocycles. The van der Waals surface area contributed by atoms with Crippen LogP contribution < -0.4 is 4.90 Å². The predicted octanol–water partition coefficient (Wildman–Crippen LogP) is 14.4. The minimum atomic E-state index is 1.08. The third-order valence-corrected chi connectivity index (χ3v) is 10.6. The number of aromatic nitrogens is 1. The van der Waals surface area contributed by atoms with Gasteiger partial charge in [-0.1, -0.05) is 170 Å². The topological polar surface area (TPSA) is 8.17 Å². The molecular weight excluding hydrogens is 653 g/mol. The molecule has 0 saturated carbocycles. The van der Waals surface area contributed by atoms with E-state index >= 15 is 0 Å². The molecular formula is C52H36N2. The van der Waals surface area contributed by atoms with E-state index in [1.807, 2.05) is 0 Å². The zero-order chi connectivity index (χ0) is 35.8. The Morgan fingerprint density at radius 1 is 0.333 bits per heavy atom. The fourth-order valence-electron chi connectivity index (χ4n) is 8.13. The Labute approximate surface area is 315 Å². The quantitative estimate of drug-likeness (QED) is 0.162. The Morgan fingerprint density at radius 3 is 1.67 bits per heavy atom. The van der Waals surface area contributed by atoms with Crippen LogP contribution in [0.25, 0.3) is 71.6 Å². The minimum Gasteiger partial charge on any atom is -0.310 e. The van der Waals surface area contributed by atoms with E-state index in [1.165, 1.54) is 60.4 Å². The Morgan fingerprint density at radius 2 is 0.889 bits per heavy atom. The van der Waals surface area contributed by atoms with Crippen LogP contribution in [0.3, 0.4) is 0 Å². The molecule has 2 nitrogen and oxygen atoms in total. The summed E-state index contributed by atoms with van der Waals surface area (Å²) in [7, 11) is 0. The molecule has 0 N–H and O–H groups in total. The van der Waals surface area contributed by atoms with Crippen molar-refractivity contribution in [2.24, 2.45) is 0 Å². The summed E-state index contributed by atoms with van der Waals surface area (Å²) in [6.45, 7) is 0. The van der Waals surface area contributed by atoms with Crippen molar-refractivity contribution in [2.75, 3.05) is 4.90 Å². The first kappa shape index (κ1) is 31.6. The van der Waals surface area contributed by atoms with Crippen molar-refractivity contribution in [1.29, 1.82) is 0 Å².